The third-order valence-electron chi connectivity index (χ3n) is 2.46. The molecule has 1 radical (unpaired) electrons. The monoisotopic (exact) mass is 172 g/mol. The average Bonchev–Trinajstić information content (AvgIpc) is 2.17. The predicted molar refractivity (Wildman–Crippen MR) is 54.4 cm³/mol. The Bertz CT molecular complexity index is 326. The Hall–Kier alpha value is -1.08. The lowest BCUT2D eigenvalue weighted by Gasteiger charge is -2.25. The number of fused-ring (bicyclic) bond motifs is 1. The molecule has 0 fully saturated rings. The first-order valence-corrected chi connectivity index (χ1v) is 4.61. The van der Waals surface area contributed by atoms with Gasteiger partial charge >= 0.3 is 0 Å². The van der Waals surface area contributed by atoms with Crippen LogP contribution in [-0.4, -0.2) is 19.0 Å². The summed E-state index contributed by atoms with van der Waals surface area (Å²) in [6.45, 7) is 0. The van der Waals surface area contributed by atoms with Crippen LogP contribution < -0.4 is 0 Å². The minimum atomic E-state index is 0.338. The molecule has 13 heavy (non-hydrogen) atoms. The normalized spacial score (nSPS) is 20.4. The summed E-state index contributed by atoms with van der Waals surface area (Å²) in [5, 5.41) is 0. The number of hydrogen-bond donors (Lipinski definition) is 0. The van der Waals surface area contributed by atoms with Crippen molar-refractivity contribution in [1.29, 1.82) is 0 Å². The topological polar surface area (TPSA) is 3.24 Å². The Balaban J connectivity index is 2.42. The maximum atomic E-state index is 3.38. The van der Waals surface area contributed by atoms with Gasteiger partial charge in [0, 0.05) is 0 Å². The number of allylic oxidation sites excluding steroid dienone is 1. The minimum absolute atomic E-state index is 0.338. The number of benzene rings is 1. The zero-order valence-corrected chi connectivity index (χ0v) is 8.12. The largest absolute Gasteiger partial charge is 0.299 e. The van der Waals surface area contributed by atoms with Gasteiger partial charge in [-0.1, -0.05) is 30.3 Å². The summed E-state index contributed by atoms with van der Waals surface area (Å²) in [6, 6.07) is 8.93. The van der Waals surface area contributed by atoms with E-state index >= 15 is 0 Å². The fraction of sp³-hybridized carbons (Fsp3) is 0.333. The molecule has 1 heteroatoms. The van der Waals surface area contributed by atoms with Crippen LogP contribution >= 0.6 is 0 Å². The Morgan fingerprint density at radius 3 is 2.85 bits per heavy atom. The highest BCUT2D eigenvalue weighted by atomic mass is 15.1. The van der Waals surface area contributed by atoms with Crippen LogP contribution in [0.4, 0.5) is 0 Å². The fourth-order valence-electron chi connectivity index (χ4n) is 1.78. The second kappa shape index (κ2) is 3.35. The van der Waals surface area contributed by atoms with Gasteiger partial charge in [0.1, 0.15) is 0 Å². The first-order valence-electron chi connectivity index (χ1n) is 4.61. The van der Waals surface area contributed by atoms with Crippen molar-refractivity contribution >= 4 is 0 Å². The third kappa shape index (κ3) is 1.52. The van der Waals surface area contributed by atoms with Gasteiger partial charge in [-0.2, -0.15) is 0 Å². The SMILES string of the molecule is CN(C)C1[C]=CCc2ccccc21. The second-order valence-electron chi connectivity index (χ2n) is 3.64. The van der Waals surface area contributed by atoms with Gasteiger partial charge in [-0.25, -0.2) is 0 Å². The Kier molecular flexibility index (Phi) is 2.19. The van der Waals surface area contributed by atoms with E-state index in [-0.39, 0.29) is 0 Å². The number of rotatable bonds is 1. The van der Waals surface area contributed by atoms with E-state index in [1.165, 1.54) is 11.1 Å². The summed E-state index contributed by atoms with van der Waals surface area (Å²) in [5.41, 5.74) is 2.83. The van der Waals surface area contributed by atoms with E-state index in [4.69, 9.17) is 0 Å². The van der Waals surface area contributed by atoms with Gasteiger partial charge in [0.05, 0.1) is 6.04 Å². The average molecular weight is 172 g/mol. The summed E-state index contributed by atoms with van der Waals surface area (Å²) < 4.78 is 0. The van der Waals surface area contributed by atoms with Gasteiger partial charge in [0.15, 0.2) is 0 Å². The van der Waals surface area contributed by atoms with Crippen molar-refractivity contribution in [1.82, 2.24) is 4.90 Å². The van der Waals surface area contributed by atoms with Crippen molar-refractivity contribution in [2.75, 3.05) is 14.1 Å². The molecule has 1 unspecified atom stereocenters. The van der Waals surface area contributed by atoms with E-state index in [1.54, 1.807) is 0 Å². The first kappa shape index (κ1) is 8.52. The molecule has 0 aliphatic heterocycles. The molecule has 2 rings (SSSR count). The number of nitrogens with zero attached hydrogens (tertiary/aromatic N) is 1. The number of hydrogen-bond acceptors (Lipinski definition) is 1. The minimum Gasteiger partial charge on any atom is -0.299 e. The van der Waals surface area contributed by atoms with Gasteiger partial charge in [-0.05, 0) is 37.7 Å². The van der Waals surface area contributed by atoms with Crippen molar-refractivity contribution in [2.24, 2.45) is 0 Å². The molecule has 0 bridgehead atoms. The summed E-state index contributed by atoms with van der Waals surface area (Å²) in [4.78, 5) is 2.19. The van der Waals surface area contributed by atoms with Crippen LogP contribution in [0.3, 0.4) is 0 Å². The summed E-state index contributed by atoms with van der Waals surface area (Å²) >= 11 is 0. The van der Waals surface area contributed by atoms with E-state index in [0.717, 1.165) is 6.42 Å². The molecular weight excluding hydrogens is 158 g/mol. The van der Waals surface area contributed by atoms with Crippen LogP contribution in [0.25, 0.3) is 0 Å². The molecule has 67 valence electrons. The Labute approximate surface area is 79.7 Å². The van der Waals surface area contributed by atoms with Crippen molar-refractivity contribution in [3.05, 3.63) is 47.5 Å². The maximum Gasteiger partial charge on any atom is 0.0599 e. The Morgan fingerprint density at radius 1 is 1.31 bits per heavy atom. The smallest absolute Gasteiger partial charge is 0.0599 e. The van der Waals surface area contributed by atoms with Crippen molar-refractivity contribution in [3.8, 4) is 0 Å². The van der Waals surface area contributed by atoms with Crippen molar-refractivity contribution < 1.29 is 0 Å². The quantitative estimate of drug-likeness (QED) is 0.627. The molecule has 1 nitrogen and oxygen atoms in total. The lowest BCUT2D eigenvalue weighted by atomic mass is 9.92. The molecule has 1 aliphatic rings. The van der Waals surface area contributed by atoms with Gasteiger partial charge < -0.3 is 0 Å². The van der Waals surface area contributed by atoms with Crippen LogP contribution in [0, 0.1) is 6.08 Å². The molecule has 0 saturated carbocycles. The zero-order valence-electron chi connectivity index (χ0n) is 8.12. The molecule has 1 aromatic rings. The molecule has 0 aromatic heterocycles. The van der Waals surface area contributed by atoms with E-state index < -0.39 is 0 Å². The molecule has 1 aliphatic carbocycles. The number of likely N-dealkylation sites (N-methyl/N-ethyl adjacent to an activating group) is 1. The first-order chi connectivity index (χ1) is 6.29. The van der Waals surface area contributed by atoms with E-state index in [2.05, 4.69) is 55.4 Å². The standard InChI is InChI=1S/C12H14N/c1-13(2)12-9-5-7-10-6-3-4-8-11(10)12/h3-6,8,12H,7H2,1-2H3. The van der Waals surface area contributed by atoms with Gasteiger partial charge in [0.25, 0.3) is 0 Å². The van der Waals surface area contributed by atoms with Crippen LogP contribution in [0.1, 0.15) is 17.2 Å². The van der Waals surface area contributed by atoms with Crippen LogP contribution in [0.2, 0.25) is 0 Å². The highest BCUT2D eigenvalue weighted by Crippen LogP contribution is 2.26. The molecule has 1 aromatic carbocycles. The van der Waals surface area contributed by atoms with Crippen LogP contribution in [0.15, 0.2) is 30.3 Å². The molecular formula is C12H14N. The van der Waals surface area contributed by atoms with Gasteiger partial charge in [0.2, 0.25) is 0 Å². The highest BCUT2D eigenvalue weighted by Gasteiger charge is 2.16. The van der Waals surface area contributed by atoms with Crippen LogP contribution in [-0.2, 0) is 6.42 Å². The van der Waals surface area contributed by atoms with E-state index in [9.17, 15) is 0 Å². The summed E-state index contributed by atoms with van der Waals surface area (Å²) in [5.74, 6) is 0. The molecule has 0 spiro atoms. The highest BCUT2D eigenvalue weighted by molar-refractivity contribution is 5.35. The van der Waals surface area contributed by atoms with E-state index in [1.807, 2.05) is 0 Å². The molecule has 0 saturated heterocycles. The molecule has 1 atom stereocenters. The third-order valence-corrected chi connectivity index (χ3v) is 2.46. The lowest BCUT2D eigenvalue weighted by molar-refractivity contribution is 0.339. The second-order valence-corrected chi connectivity index (χ2v) is 3.64. The Morgan fingerprint density at radius 2 is 2.08 bits per heavy atom. The fourth-order valence-corrected chi connectivity index (χ4v) is 1.78. The van der Waals surface area contributed by atoms with Crippen LogP contribution in [0.5, 0.6) is 0 Å². The summed E-state index contributed by atoms with van der Waals surface area (Å²) in [6.07, 6.45) is 6.54. The van der Waals surface area contributed by atoms with Crippen molar-refractivity contribution in [2.45, 2.75) is 12.5 Å². The van der Waals surface area contributed by atoms with Gasteiger partial charge in [-0.3, -0.25) is 4.90 Å². The molecule has 0 amide bonds. The van der Waals surface area contributed by atoms with Crippen molar-refractivity contribution in [3.63, 3.8) is 0 Å². The lowest BCUT2D eigenvalue weighted by Crippen LogP contribution is -2.21. The zero-order chi connectivity index (χ0) is 9.26. The van der Waals surface area contributed by atoms with Gasteiger partial charge in [-0.15, -0.1) is 0 Å². The van der Waals surface area contributed by atoms with E-state index in [0.29, 0.717) is 6.04 Å². The maximum absolute atomic E-state index is 3.38. The molecule has 0 heterocycles. The predicted octanol–water partition coefficient (Wildman–Crippen LogP) is 2.20. The summed E-state index contributed by atoms with van der Waals surface area (Å²) in [7, 11) is 4.18. The molecule has 0 N–H and O–H groups in total.